The van der Waals surface area contributed by atoms with Gasteiger partial charge < -0.3 is 19.6 Å². The van der Waals surface area contributed by atoms with E-state index in [0.717, 1.165) is 30.0 Å². The molecular formula is C17H20ClN5O2. The molecule has 3 aromatic rings. The fourth-order valence-corrected chi connectivity index (χ4v) is 2.89. The Bertz CT molecular complexity index is 809. The summed E-state index contributed by atoms with van der Waals surface area (Å²) in [7, 11) is 0. The molecule has 2 N–H and O–H groups in total. The molecule has 0 amide bonds. The molecule has 132 valence electrons. The number of nitrogens with zero attached hydrogens (tertiary/aromatic N) is 4. The molecule has 1 fully saturated rings. The molecule has 0 bridgehead atoms. The topological polar surface area (TPSA) is 94.2 Å². The fraction of sp³-hybridized carbons (Fsp3) is 0.353. The highest BCUT2D eigenvalue weighted by molar-refractivity contribution is 5.85. The van der Waals surface area contributed by atoms with Crippen LogP contribution in [0.15, 0.2) is 39.6 Å². The van der Waals surface area contributed by atoms with Gasteiger partial charge in [-0.05, 0) is 37.5 Å². The molecule has 0 aliphatic carbocycles. The first kappa shape index (κ1) is 17.4. The summed E-state index contributed by atoms with van der Waals surface area (Å²) >= 11 is 0. The van der Waals surface area contributed by atoms with Gasteiger partial charge in [0.25, 0.3) is 5.89 Å². The molecule has 8 heteroatoms. The van der Waals surface area contributed by atoms with Crippen LogP contribution in [0.3, 0.4) is 0 Å². The van der Waals surface area contributed by atoms with E-state index in [-0.39, 0.29) is 12.4 Å². The van der Waals surface area contributed by atoms with Crippen LogP contribution in [0.5, 0.6) is 0 Å². The predicted molar refractivity (Wildman–Crippen MR) is 96.4 cm³/mol. The van der Waals surface area contributed by atoms with Crippen molar-refractivity contribution in [3.8, 4) is 22.8 Å². The average molecular weight is 362 g/mol. The maximum Gasteiger partial charge on any atom is 0.261 e. The standard InChI is InChI=1S/C17H19N5O2.ClH/c18-9-14-8-13(11-23-14)17-20-16(21-24-17)12-4-5-15(19-10-12)22-6-2-1-3-7-22;/h4-5,8,10-11H,1-3,6-7,9,18H2;1H. The Kier molecular flexibility index (Phi) is 5.35. The molecule has 4 rings (SSSR count). The van der Waals surface area contributed by atoms with E-state index in [4.69, 9.17) is 14.7 Å². The van der Waals surface area contributed by atoms with Crippen molar-refractivity contribution in [2.45, 2.75) is 25.8 Å². The zero-order valence-electron chi connectivity index (χ0n) is 13.7. The minimum absolute atomic E-state index is 0. The van der Waals surface area contributed by atoms with Gasteiger partial charge in [-0.15, -0.1) is 12.4 Å². The van der Waals surface area contributed by atoms with Crippen molar-refractivity contribution in [3.63, 3.8) is 0 Å². The largest absolute Gasteiger partial charge is 0.467 e. The third kappa shape index (κ3) is 3.67. The Morgan fingerprint density at radius 3 is 2.64 bits per heavy atom. The molecule has 4 heterocycles. The van der Waals surface area contributed by atoms with Gasteiger partial charge in [-0.1, -0.05) is 5.16 Å². The number of pyridine rings is 1. The van der Waals surface area contributed by atoms with Crippen LogP contribution in [-0.4, -0.2) is 28.2 Å². The molecule has 0 radical (unpaired) electrons. The maximum absolute atomic E-state index is 5.54. The van der Waals surface area contributed by atoms with E-state index >= 15 is 0 Å². The molecule has 0 unspecified atom stereocenters. The zero-order chi connectivity index (χ0) is 16.4. The van der Waals surface area contributed by atoms with Crippen molar-refractivity contribution >= 4 is 18.2 Å². The second-order valence-corrected chi connectivity index (χ2v) is 5.88. The Labute approximate surface area is 151 Å². The molecule has 0 aromatic carbocycles. The lowest BCUT2D eigenvalue weighted by atomic mass is 10.1. The lowest BCUT2D eigenvalue weighted by Gasteiger charge is -2.27. The predicted octanol–water partition coefficient (Wildman–Crippen LogP) is 3.26. The van der Waals surface area contributed by atoms with Crippen LogP contribution in [0, 0.1) is 0 Å². The highest BCUT2D eigenvalue weighted by atomic mass is 35.5. The normalized spacial score (nSPS) is 14.4. The Morgan fingerprint density at radius 2 is 1.96 bits per heavy atom. The van der Waals surface area contributed by atoms with E-state index in [9.17, 15) is 0 Å². The van der Waals surface area contributed by atoms with E-state index in [1.54, 1.807) is 18.5 Å². The van der Waals surface area contributed by atoms with Gasteiger partial charge >= 0.3 is 0 Å². The molecule has 0 spiro atoms. The maximum atomic E-state index is 5.54. The van der Waals surface area contributed by atoms with Crippen LogP contribution in [0.1, 0.15) is 25.0 Å². The Balaban J connectivity index is 0.00000182. The van der Waals surface area contributed by atoms with Crippen LogP contribution in [0.4, 0.5) is 5.82 Å². The number of rotatable bonds is 4. The van der Waals surface area contributed by atoms with Crippen LogP contribution in [0.2, 0.25) is 0 Å². The summed E-state index contributed by atoms with van der Waals surface area (Å²) < 4.78 is 10.6. The van der Waals surface area contributed by atoms with Crippen molar-refractivity contribution in [2.24, 2.45) is 5.73 Å². The first-order valence-corrected chi connectivity index (χ1v) is 8.16. The van der Waals surface area contributed by atoms with Crippen LogP contribution in [-0.2, 0) is 6.54 Å². The molecule has 1 saturated heterocycles. The summed E-state index contributed by atoms with van der Waals surface area (Å²) in [4.78, 5) is 11.3. The van der Waals surface area contributed by atoms with E-state index in [1.165, 1.54) is 19.3 Å². The van der Waals surface area contributed by atoms with Gasteiger partial charge in [-0.25, -0.2) is 4.98 Å². The van der Waals surface area contributed by atoms with Crippen LogP contribution >= 0.6 is 12.4 Å². The third-order valence-electron chi connectivity index (χ3n) is 4.21. The minimum atomic E-state index is 0. The molecule has 25 heavy (non-hydrogen) atoms. The number of aromatic nitrogens is 3. The molecule has 1 aliphatic heterocycles. The number of hydrogen-bond donors (Lipinski definition) is 1. The van der Waals surface area contributed by atoms with E-state index in [2.05, 4.69) is 20.0 Å². The van der Waals surface area contributed by atoms with Crippen molar-refractivity contribution in [1.29, 1.82) is 0 Å². The number of nitrogens with two attached hydrogens (primary N) is 1. The van der Waals surface area contributed by atoms with Crippen LogP contribution in [0.25, 0.3) is 22.8 Å². The van der Waals surface area contributed by atoms with E-state index < -0.39 is 0 Å². The van der Waals surface area contributed by atoms with Gasteiger partial charge in [-0.3, -0.25) is 0 Å². The second kappa shape index (κ2) is 7.67. The summed E-state index contributed by atoms with van der Waals surface area (Å²) in [6.07, 6.45) is 7.12. The lowest BCUT2D eigenvalue weighted by Crippen LogP contribution is -2.29. The molecule has 0 saturated carbocycles. The summed E-state index contributed by atoms with van der Waals surface area (Å²) in [5, 5.41) is 4.03. The summed E-state index contributed by atoms with van der Waals surface area (Å²) in [5.74, 6) is 2.61. The average Bonchev–Trinajstić information content (AvgIpc) is 3.32. The molecular weight excluding hydrogens is 342 g/mol. The van der Waals surface area contributed by atoms with Crippen LogP contribution < -0.4 is 10.6 Å². The smallest absolute Gasteiger partial charge is 0.261 e. The first-order valence-electron chi connectivity index (χ1n) is 8.16. The molecule has 3 aromatic heterocycles. The van der Waals surface area contributed by atoms with E-state index in [1.807, 2.05) is 12.1 Å². The Morgan fingerprint density at radius 1 is 1.12 bits per heavy atom. The first-order chi connectivity index (χ1) is 11.8. The summed E-state index contributed by atoms with van der Waals surface area (Å²) in [6.45, 7) is 2.48. The summed E-state index contributed by atoms with van der Waals surface area (Å²) in [5.41, 5.74) is 7.10. The third-order valence-corrected chi connectivity index (χ3v) is 4.21. The van der Waals surface area contributed by atoms with E-state index in [0.29, 0.717) is 24.0 Å². The molecule has 0 atom stereocenters. The zero-order valence-corrected chi connectivity index (χ0v) is 14.5. The monoisotopic (exact) mass is 361 g/mol. The number of anilines is 1. The van der Waals surface area contributed by atoms with Crippen molar-refractivity contribution < 1.29 is 8.94 Å². The van der Waals surface area contributed by atoms with Crippen molar-refractivity contribution in [3.05, 3.63) is 36.4 Å². The van der Waals surface area contributed by atoms with Gasteiger partial charge in [0.15, 0.2) is 0 Å². The molecule has 1 aliphatic rings. The van der Waals surface area contributed by atoms with Gasteiger partial charge in [0.1, 0.15) is 17.8 Å². The second-order valence-electron chi connectivity index (χ2n) is 5.88. The fourth-order valence-electron chi connectivity index (χ4n) is 2.89. The van der Waals surface area contributed by atoms with Crippen molar-refractivity contribution in [1.82, 2.24) is 15.1 Å². The number of halogens is 1. The van der Waals surface area contributed by atoms with Crippen molar-refractivity contribution in [2.75, 3.05) is 18.0 Å². The molecule has 7 nitrogen and oxygen atoms in total. The highest BCUT2D eigenvalue weighted by Gasteiger charge is 2.15. The van der Waals surface area contributed by atoms with Gasteiger partial charge in [0, 0.05) is 24.8 Å². The summed E-state index contributed by atoms with van der Waals surface area (Å²) in [6, 6.07) is 5.79. The highest BCUT2D eigenvalue weighted by Crippen LogP contribution is 2.25. The Hall–Kier alpha value is -2.38. The van der Waals surface area contributed by atoms with Gasteiger partial charge in [-0.2, -0.15) is 4.98 Å². The quantitative estimate of drug-likeness (QED) is 0.762. The minimum Gasteiger partial charge on any atom is -0.467 e. The lowest BCUT2D eigenvalue weighted by molar-refractivity contribution is 0.431. The number of piperidine rings is 1. The number of furan rings is 1. The SMILES string of the molecule is Cl.NCc1cc(-c2nc(-c3ccc(N4CCCCC4)nc3)no2)co1. The van der Waals surface area contributed by atoms with Gasteiger partial charge in [0.05, 0.1) is 12.1 Å². The number of hydrogen-bond acceptors (Lipinski definition) is 7. The van der Waals surface area contributed by atoms with Gasteiger partial charge in [0.2, 0.25) is 5.82 Å².